The lowest BCUT2D eigenvalue weighted by Crippen LogP contribution is -2.33. The van der Waals surface area contributed by atoms with Crippen LogP contribution < -0.4 is 5.73 Å². The Morgan fingerprint density at radius 2 is 2.06 bits per heavy atom. The number of rotatable bonds is 5. The summed E-state index contributed by atoms with van der Waals surface area (Å²) in [6.45, 7) is 1.68. The maximum atomic E-state index is 13.1. The van der Waals surface area contributed by atoms with Crippen LogP contribution in [0.1, 0.15) is 22.3 Å². The van der Waals surface area contributed by atoms with E-state index >= 15 is 0 Å². The Labute approximate surface area is 106 Å². The minimum absolute atomic E-state index is 0.0353. The number of halogens is 1. The van der Waals surface area contributed by atoms with E-state index in [-0.39, 0.29) is 17.7 Å². The number of sulfone groups is 1. The van der Waals surface area contributed by atoms with E-state index < -0.39 is 27.5 Å². The molecule has 0 bridgehead atoms. The molecule has 18 heavy (non-hydrogen) atoms. The van der Waals surface area contributed by atoms with E-state index in [1.165, 1.54) is 12.1 Å². The Morgan fingerprint density at radius 1 is 1.44 bits per heavy atom. The van der Waals surface area contributed by atoms with Crippen LogP contribution >= 0.6 is 0 Å². The average molecular weight is 273 g/mol. The van der Waals surface area contributed by atoms with Gasteiger partial charge in [-0.2, -0.15) is 0 Å². The van der Waals surface area contributed by atoms with Crippen molar-refractivity contribution in [2.45, 2.75) is 19.4 Å². The Morgan fingerprint density at radius 3 is 2.61 bits per heavy atom. The number of hydrogen-bond donors (Lipinski definition) is 1. The van der Waals surface area contributed by atoms with E-state index in [9.17, 15) is 17.6 Å². The lowest BCUT2D eigenvalue weighted by atomic mass is 9.98. The highest BCUT2D eigenvalue weighted by Crippen LogP contribution is 2.13. The topological polar surface area (TPSA) is 77.2 Å². The van der Waals surface area contributed by atoms with E-state index in [0.29, 0.717) is 5.56 Å². The van der Waals surface area contributed by atoms with Gasteiger partial charge in [0.15, 0.2) is 5.78 Å². The number of benzene rings is 1. The van der Waals surface area contributed by atoms with Crippen LogP contribution in [0.2, 0.25) is 0 Å². The van der Waals surface area contributed by atoms with E-state index in [2.05, 4.69) is 0 Å². The smallest absolute Gasteiger partial charge is 0.179 e. The fourth-order valence-corrected chi connectivity index (χ4v) is 2.21. The van der Waals surface area contributed by atoms with Crippen molar-refractivity contribution in [3.8, 4) is 0 Å². The molecule has 1 unspecified atom stereocenters. The average Bonchev–Trinajstić information content (AvgIpc) is 2.27. The van der Waals surface area contributed by atoms with Crippen molar-refractivity contribution in [3.63, 3.8) is 0 Å². The predicted octanol–water partition coefficient (Wildman–Crippen LogP) is 1.08. The Bertz CT molecular complexity index is 554. The van der Waals surface area contributed by atoms with Crippen molar-refractivity contribution in [1.82, 2.24) is 0 Å². The fourth-order valence-electron chi connectivity index (χ4n) is 1.53. The lowest BCUT2D eigenvalue weighted by Gasteiger charge is -2.11. The van der Waals surface area contributed by atoms with Gasteiger partial charge in [-0.15, -0.1) is 0 Å². The second kappa shape index (κ2) is 5.58. The molecule has 0 spiro atoms. The van der Waals surface area contributed by atoms with Gasteiger partial charge in [-0.3, -0.25) is 4.79 Å². The summed E-state index contributed by atoms with van der Waals surface area (Å²) in [5, 5.41) is 0. The molecular weight excluding hydrogens is 257 g/mol. The van der Waals surface area contributed by atoms with Crippen molar-refractivity contribution >= 4 is 15.6 Å². The highest BCUT2D eigenvalue weighted by Gasteiger charge is 2.19. The number of hydrogen-bond acceptors (Lipinski definition) is 4. The lowest BCUT2D eigenvalue weighted by molar-refractivity contribution is 0.0958. The maximum Gasteiger partial charge on any atom is 0.179 e. The first-order valence-electron chi connectivity index (χ1n) is 5.44. The summed E-state index contributed by atoms with van der Waals surface area (Å²) in [7, 11) is -3.16. The third kappa shape index (κ3) is 4.19. The molecule has 100 valence electrons. The van der Waals surface area contributed by atoms with Crippen molar-refractivity contribution in [2.75, 3.05) is 12.0 Å². The van der Waals surface area contributed by atoms with Gasteiger partial charge in [0.1, 0.15) is 15.7 Å². The molecule has 1 aromatic carbocycles. The zero-order valence-electron chi connectivity index (χ0n) is 10.3. The predicted molar refractivity (Wildman–Crippen MR) is 67.8 cm³/mol. The SMILES string of the molecule is Cc1ccc(F)cc1C(=O)C(N)CCS(C)(=O)=O. The number of carbonyl (C=O) groups excluding carboxylic acids is 1. The largest absolute Gasteiger partial charge is 0.321 e. The summed E-state index contributed by atoms with van der Waals surface area (Å²) in [6, 6.07) is 2.94. The molecule has 0 aliphatic rings. The minimum atomic E-state index is -3.16. The second-order valence-electron chi connectivity index (χ2n) is 4.35. The molecule has 2 N–H and O–H groups in total. The number of ketones is 1. The molecule has 1 aromatic rings. The molecule has 0 aliphatic carbocycles. The fraction of sp³-hybridized carbons (Fsp3) is 0.417. The summed E-state index contributed by atoms with van der Waals surface area (Å²) in [5.41, 5.74) is 6.47. The summed E-state index contributed by atoms with van der Waals surface area (Å²) >= 11 is 0. The third-order valence-corrected chi connectivity index (χ3v) is 3.58. The third-order valence-electron chi connectivity index (χ3n) is 2.60. The quantitative estimate of drug-likeness (QED) is 0.814. The van der Waals surface area contributed by atoms with Gasteiger partial charge >= 0.3 is 0 Å². The standard InChI is InChI=1S/C12H16FNO3S/c1-8-3-4-9(13)7-10(8)12(15)11(14)5-6-18(2,16)17/h3-4,7,11H,5-6,14H2,1-2H3. The molecule has 0 aliphatic heterocycles. The van der Waals surface area contributed by atoms with E-state index in [1.807, 2.05) is 0 Å². The first kappa shape index (κ1) is 14.8. The minimum Gasteiger partial charge on any atom is -0.321 e. The van der Waals surface area contributed by atoms with Gasteiger partial charge in [-0.05, 0) is 31.0 Å². The molecular formula is C12H16FNO3S. The molecule has 4 nitrogen and oxygen atoms in total. The highest BCUT2D eigenvalue weighted by molar-refractivity contribution is 7.90. The van der Waals surface area contributed by atoms with E-state index in [0.717, 1.165) is 12.3 Å². The van der Waals surface area contributed by atoms with E-state index in [1.54, 1.807) is 6.92 Å². The first-order chi connectivity index (χ1) is 8.20. The highest BCUT2D eigenvalue weighted by atomic mass is 32.2. The van der Waals surface area contributed by atoms with Crippen LogP contribution in [-0.4, -0.2) is 32.3 Å². The monoisotopic (exact) mass is 273 g/mol. The summed E-state index contributed by atoms with van der Waals surface area (Å²) in [4.78, 5) is 11.9. The molecule has 0 amide bonds. The molecule has 1 atom stereocenters. The number of Topliss-reactive ketones (excluding diaryl/α,β-unsaturated/α-hetero) is 1. The molecule has 0 heterocycles. The van der Waals surface area contributed by atoms with Crippen molar-refractivity contribution in [1.29, 1.82) is 0 Å². The first-order valence-corrected chi connectivity index (χ1v) is 7.50. The summed E-state index contributed by atoms with van der Waals surface area (Å²) < 4.78 is 35.0. The molecule has 0 fully saturated rings. The molecule has 1 rings (SSSR count). The van der Waals surface area contributed by atoms with Crippen LogP contribution in [0.4, 0.5) is 4.39 Å². The van der Waals surface area contributed by atoms with Crippen LogP contribution in [0.3, 0.4) is 0 Å². The van der Waals surface area contributed by atoms with Crippen molar-refractivity contribution < 1.29 is 17.6 Å². The molecule has 0 aromatic heterocycles. The summed E-state index contributed by atoms with van der Waals surface area (Å²) in [5.74, 6) is -1.11. The van der Waals surface area contributed by atoms with Gasteiger partial charge in [0, 0.05) is 11.8 Å². The normalized spacial score (nSPS) is 13.3. The number of nitrogens with two attached hydrogens (primary N) is 1. The van der Waals surface area contributed by atoms with Crippen LogP contribution in [-0.2, 0) is 9.84 Å². The Kier molecular flexibility index (Phi) is 4.59. The van der Waals surface area contributed by atoms with Crippen LogP contribution in [0, 0.1) is 12.7 Å². The van der Waals surface area contributed by atoms with Gasteiger partial charge in [-0.1, -0.05) is 6.07 Å². The van der Waals surface area contributed by atoms with E-state index in [4.69, 9.17) is 5.73 Å². The second-order valence-corrected chi connectivity index (χ2v) is 6.61. The van der Waals surface area contributed by atoms with Gasteiger partial charge < -0.3 is 5.73 Å². The zero-order chi connectivity index (χ0) is 13.9. The van der Waals surface area contributed by atoms with Crippen LogP contribution in [0.15, 0.2) is 18.2 Å². The maximum absolute atomic E-state index is 13.1. The molecule has 6 heteroatoms. The number of carbonyl (C=O) groups is 1. The molecule has 0 radical (unpaired) electrons. The Hall–Kier alpha value is -1.27. The van der Waals surface area contributed by atoms with Crippen LogP contribution in [0.25, 0.3) is 0 Å². The van der Waals surface area contributed by atoms with Crippen LogP contribution in [0.5, 0.6) is 0 Å². The van der Waals surface area contributed by atoms with Crippen molar-refractivity contribution in [2.24, 2.45) is 5.73 Å². The van der Waals surface area contributed by atoms with Gasteiger partial charge in [0.05, 0.1) is 11.8 Å². The van der Waals surface area contributed by atoms with Gasteiger partial charge in [-0.25, -0.2) is 12.8 Å². The Balaban J connectivity index is 2.83. The zero-order valence-corrected chi connectivity index (χ0v) is 11.1. The van der Waals surface area contributed by atoms with Crippen molar-refractivity contribution in [3.05, 3.63) is 35.1 Å². The summed E-state index contributed by atoms with van der Waals surface area (Å²) in [6.07, 6.45) is 1.12. The molecule has 0 saturated carbocycles. The molecule has 0 saturated heterocycles. The van der Waals surface area contributed by atoms with Gasteiger partial charge in [0.25, 0.3) is 0 Å². The number of aryl methyl sites for hydroxylation is 1. The van der Waals surface area contributed by atoms with Gasteiger partial charge in [0.2, 0.25) is 0 Å².